The van der Waals surface area contributed by atoms with Gasteiger partial charge < -0.3 is 5.32 Å². The zero-order valence-corrected chi connectivity index (χ0v) is 13.1. The first-order chi connectivity index (χ1) is 9.11. The van der Waals surface area contributed by atoms with Crippen LogP contribution in [0.1, 0.15) is 40.1 Å². The maximum atomic E-state index is 3.62. The summed E-state index contributed by atoms with van der Waals surface area (Å²) in [5.74, 6) is 0. The highest BCUT2D eigenvalue weighted by atomic mass is 32.1. The van der Waals surface area contributed by atoms with Crippen molar-refractivity contribution in [3.05, 3.63) is 56.8 Å². The van der Waals surface area contributed by atoms with E-state index in [-0.39, 0.29) is 0 Å². The van der Waals surface area contributed by atoms with E-state index in [1.807, 2.05) is 11.3 Å². The normalized spacial score (nSPS) is 12.6. The van der Waals surface area contributed by atoms with E-state index in [2.05, 4.69) is 62.7 Å². The van der Waals surface area contributed by atoms with Gasteiger partial charge in [-0.25, -0.2) is 0 Å². The highest BCUT2D eigenvalue weighted by molar-refractivity contribution is 7.10. The molecular formula is C17H23NS. The summed E-state index contributed by atoms with van der Waals surface area (Å²) in [6.07, 6.45) is 1.06. The number of nitrogens with one attached hydrogen (secondary N) is 1. The van der Waals surface area contributed by atoms with Crippen molar-refractivity contribution in [1.82, 2.24) is 5.32 Å². The molecule has 1 unspecified atom stereocenters. The SMILES string of the molecule is CCNC(Cc1ccc(C)c(C)c1)c1ccsc1C. The Hall–Kier alpha value is -1.12. The first-order valence-corrected chi connectivity index (χ1v) is 7.83. The molecular weight excluding hydrogens is 250 g/mol. The maximum absolute atomic E-state index is 3.62. The van der Waals surface area contributed by atoms with Crippen LogP contribution in [0.5, 0.6) is 0 Å². The van der Waals surface area contributed by atoms with Crippen LogP contribution in [0, 0.1) is 20.8 Å². The Morgan fingerprint density at radius 1 is 1.11 bits per heavy atom. The molecule has 0 bridgehead atoms. The van der Waals surface area contributed by atoms with Crippen LogP contribution in [0.15, 0.2) is 29.6 Å². The molecule has 0 aliphatic rings. The van der Waals surface area contributed by atoms with Gasteiger partial charge in [-0.3, -0.25) is 0 Å². The molecule has 1 aromatic carbocycles. The van der Waals surface area contributed by atoms with Gasteiger partial charge in [-0.05, 0) is 67.4 Å². The van der Waals surface area contributed by atoms with Crippen molar-refractivity contribution in [3.8, 4) is 0 Å². The van der Waals surface area contributed by atoms with Crippen molar-refractivity contribution < 1.29 is 0 Å². The Labute approximate surface area is 120 Å². The third-order valence-corrected chi connectivity index (χ3v) is 4.60. The van der Waals surface area contributed by atoms with Gasteiger partial charge in [0.05, 0.1) is 0 Å². The zero-order chi connectivity index (χ0) is 13.8. The lowest BCUT2D eigenvalue weighted by molar-refractivity contribution is 0.549. The third kappa shape index (κ3) is 3.46. The van der Waals surface area contributed by atoms with Crippen LogP contribution in [0.3, 0.4) is 0 Å². The van der Waals surface area contributed by atoms with Crippen LogP contribution in [-0.2, 0) is 6.42 Å². The molecule has 1 heterocycles. The molecule has 2 rings (SSSR count). The molecule has 1 N–H and O–H groups in total. The predicted molar refractivity (Wildman–Crippen MR) is 85.1 cm³/mol. The molecule has 102 valence electrons. The quantitative estimate of drug-likeness (QED) is 0.841. The summed E-state index contributed by atoms with van der Waals surface area (Å²) in [4.78, 5) is 1.43. The minimum Gasteiger partial charge on any atom is -0.310 e. The summed E-state index contributed by atoms with van der Waals surface area (Å²) < 4.78 is 0. The van der Waals surface area contributed by atoms with Crippen molar-refractivity contribution in [1.29, 1.82) is 0 Å². The first kappa shape index (κ1) is 14.3. The molecule has 0 aliphatic carbocycles. The van der Waals surface area contributed by atoms with E-state index in [1.165, 1.54) is 27.1 Å². The van der Waals surface area contributed by atoms with Gasteiger partial charge in [-0.2, -0.15) is 0 Å². The number of rotatable bonds is 5. The van der Waals surface area contributed by atoms with Gasteiger partial charge in [0.15, 0.2) is 0 Å². The minimum absolute atomic E-state index is 0.429. The Morgan fingerprint density at radius 3 is 2.47 bits per heavy atom. The molecule has 1 aromatic heterocycles. The second kappa shape index (κ2) is 6.36. The summed E-state index contributed by atoms with van der Waals surface area (Å²) in [5.41, 5.74) is 5.62. The van der Waals surface area contributed by atoms with Crippen molar-refractivity contribution in [2.75, 3.05) is 6.54 Å². The standard InChI is InChI=1S/C17H23NS/c1-5-18-17(16-8-9-19-14(16)4)11-15-7-6-12(2)13(3)10-15/h6-10,17-18H,5,11H2,1-4H3. The first-order valence-electron chi connectivity index (χ1n) is 6.95. The van der Waals surface area contributed by atoms with Gasteiger partial charge >= 0.3 is 0 Å². The van der Waals surface area contributed by atoms with E-state index in [9.17, 15) is 0 Å². The lowest BCUT2D eigenvalue weighted by Gasteiger charge is -2.19. The van der Waals surface area contributed by atoms with Gasteiger partial charge in [0.25, 0.3) is 0 Å². The summed E-state index contributed by atoms with van der Waals surface area (Å²) in [5, 5.41) is 5.80. The van der Waals surface area contributed by atoms with Crippen molar-refractivity contribution in [2.24, 2.45) is 0 Å². The smallest absolute Gasteiger partial charge is 0.0371 e. The second-order valence-corrected chi connectivity index (χ2v) is 6.29. The van der Waals surface area contributed by atoms with Crippen molar-refractivity contribution >= 4 is 11.3 Å². The van der Waals surface area contributed by atoms with Crippen LogP contribution >= 0.6 is 11.3 Å². The zero-order valence-electron chi connectivity index (χ0n) is 12.3. The van der Waals surface area contributed by atoms with E-state index in [0.717, 1.165) is 13.0 Å². The molecule has 2 heteroatoms. The molecule has 0 aliphatic heterocycles. The molecule has 0 amide bonds. The van der Waals surface area contributed by atoms with Crippen LogP contribution in [0.4, 0.5) is 0 Å². The average Bonchev–Trinajstić information content (AvgIpc) is 2.79. The van der Waals surface area contributed by atoms with Gasteiger partial charge in [0.2, 0.25) is 0 Å². The Bertz CT molecular complexity index is 542. The van der Waals surface area contributed by atoms with Gasteiger partial charge in [0.1, 0.15) is 0 Å². The second-order valence-electron chi connectivity index (χ2n) is 5.17. The van der Waals surface area contributed by atoms with E-state index in [4.69, 9.17) is 0 Å². The number of aryl methyl sites for hydroxylation is 3. The molecule has 0 saturated heterocycles. The topological polar surface area (TPSA) is 12.0 Å². The van der Waals surface area contributed by atoms with E-state index < -0.39 is 0 Å². The summed E-state index contributed by atoms with van der Waals surface area (Å²) in [7, 11) is 0. The molecule has 2 aromatic rings. The minimum atomic E-state index is 0.429. The molecule has 0 fully saturated rings. The van der Waals surface area contributed by atoms with Gasteiger partial charge in [-0.15, -0.1) is 11.3 Å². The Kier molecular flexibility index (Phi) is 4.78. The van der Waals surface area contributed by atoms with Crippen molar-refractivity contribution in [2.45, 2.75) is 40.2 Å². The lowest BCUT2D eigenvalue weighted by atomic mass is 9.97. The third-order valence-electron chi connectivity index (χ3n) is 3.74. The van der Waals surface area contributed by atoms with E-state index in [1.54, 1.807) is 0 Å². The van der Waals surface area contributed by atoms with Crippen LogP contribution in [0.25, 0.3) is 0 Å². The van der Waals surface area contributed by atoms with Crippen LogP contribution < -0.4 is 5.32 Å². The molecule has 1 atom stereocenters. The van der Waals surface area contributed by atoms with E-state index in [0.29, 0.717) is 6.04 Å². The Morgan fingerprint density at radius 2 is 1.89 bits per heavy atom. The van der Waals surface area contributed by atoms with Gasteiger partial charge in [0, 0.05) is 10.9 Å². The number of hydrogen-bond acceptors (Lipinski definition) is 2. The van der Waals surface area contributed by atoms with Gasteiger partial charge in [-0.1, -0.05) is 25.1 Å². The fraction of sp³-hybridized carbons (Fsp3) is 0.412. The summed E-state index contributed by atoms with van der Waals surface area (Å²) in [6, 6.07) is 9.50. The van der Waals surface area contributed by atoms with Crippen molar-refractivity contribution in [3.63, 3.8) is 0 Å². The molecule has 19 heavy (non-hydrogen) atoms. The number of thiophene rings is 1. The summed E-state index contributed by atoms with van der Waals surface area (Å²) in [6.45, 7) is 9.76. The fourth-order valence-electron chi connectivity index (χ4n) is 2.46. The molecule has 0 radical (unpaired) electrons. The molecule has 1 nitrogen and oxygen atoms in total. The lowest BCUT2D eigenvalue weighted by Crippen LogP contribution is -2.23. The molecule has 0 saturated carbocycles. The predicted octanol–water partition coefficient (Wildman–Crippen LogP) is 4.57. The highest BCUT2D eigenvalue weighted by Gasteiger charge is 2.14. The average molecular weight is 273 g/mol. The van der Waals surface area contributed by atoms with E-state index >= 15 is 0 Å². The molecule has 0 spiro atoms. The monoisotopic (exact) mass is 273 g/mol. The van der Waals surface area contributed by atoms with Crippen LogP contribution in [0.2, 0.25) is 0 Å². The maximum Gasteiger partial charge on any atom is 0.0371 e. The number of hydrogen-bond donors (Lipinski definition) is 1. The van der Waals surface area contributed by atoms with Crippen LogP contribution in [-0.4, -0.2) is 6.54 Å². The Balaban J connectivity index is 2.21. The number of benzene rings is 1. The number of likely N-dealkylation sites (N-methyl/N-ethyl adjacent to an activating group) is 1. The largest absolute Gasteiger partial charge is 0.310 e. The summed E-state index contributed by atoms with van der Waals surface area (Å²) >= 11 is 1.83. The highest BCUT2D eigenvalue weighted by Crippen LogP contribution is 2.26. The fourth-order valence-corrected chi connectivity index (χ4v) is 3.23.